The number of anilines is 1. The molecular weight excluding hydrogens is 412 g/mol. The summed E-state index contributed by atoms with van der Waals surface area (Å²) in [5.74, 6) is -0.0195. The minimum Gasteiger partial charge on any atom is -0.347 e. The molecule has 2 amide bonds. The first-order valence-electron chi connectivity index (χ1n) is 10.7. The number of hydrogen-bond acceptors (Lipinski definition) is 5. The smallest absolute Gasteiger partial charge is 0.253 e. The van der Waals surface area contributed by atoms with Crippen molar-refractivity contribution >= 4 is 29.3 Å². The van der Waals surface area contributed by atoms with Crippen LogP contribution in [0.1, 0.15) is 34.3 Å². The third-order valence-electron chi connectivity index (χ3n) is 6.20. The third-order valence-corrected chi connectivity index (χ3v) is 7.25. The van der Waals surface area contributed by atoms with Crippen LogP contribution in [0.4, 0.5) is 5.69 Å². The number of carbonyl (C=O) groups is 2. The molecule has 2 saturated heterocycles. The normalized spacial score (nSPS) is 20.2. The van der Waals surface area contributed by atoms with Gasteiger partial charge in [-0.3, -0.25) is 9.59 Å². The van der Waals surface area contributed by atoms with E-state index in [1.807, 2.05) is 53.1 Å². The molecule has 2 fully saturated rings. The lowest BCUT2D eigenvalue weighted by molar-refractivity contribution is -0.181. The first-order chi connectivity index (χ1) is 15.0. The summed E-state index contributed by atoms with van der Waals surface area (Å²) in [6.07, 6.45) is 1.38. The molecule has 0 unspecified atom stereocenters. The molecule has 0 bridgehead atoms. The second-order valence-electron chi connectivity index (χ2n) is 8.34. The van der Waals surface area contributed by atoms with E-state index in [2.05, 4.69) is 6.07 Å². The molecule has 0 N–H and O–H groups in total. The SMILES string of the molecule is Cc1cccc(CN2C(=O)CSc3ccc(C(=O)N4CCC5(CC4)OCCO5)cc32)c1. The molecule has 162 valence electrons. The largest absolute Gasteiger partial charge is 0.347 e. The summed E-state index contributed by atoms with van der Waals surface area (Å²) in [6.45, 7) is 5.02. The minimum absolute atomic E-state index is 0.00539. The number of ether oxygens (including phenoxy) is 2. The summed E-state index contributed by atoms with van der Waals surface area (Å²) in [4.78, 5) is 30.7. The highest BCUT2D eigenvalue weighted by Gasteiger charge is 2.41. The molecule has 0 radical (unpaired) electrons. The Bertz CT molecular complexity index is 1010. The van der Waals surface area contributed by atoms with E-state index in [1.54, 1.807) is 0 Å². The van der Waals surface area contributed by atoms with Crippen LogP contribution in [0, 0.1) is 6.92 Å². The van der Waals surface area contributed by atoms with Crippen LogP contribution in [0.15, 0.2) is 47.4 Å². The van der Waals surface area contributed by atoms with Crippen LogP contribution in [0.2, 0.25) is 0 Å². The van der Waals surface area contributed by atoms with Crippen molar-refractivity contribution in [2.45, 2.75) is 37.0 Å². The van der Waals surface area contributed by atoms with E-state index in [0.29, 0.717) is 57.0 Å². The Morgan fingerprint density at radius 2 is 1.87 bits per heavy atom. The predicted molar refractivity (Wildman–Crippen MR) is 119 cm³/mol. The number of thioether (sulfide) groups is 1. The zero-order chi connectivity index (χ0) is 21.4. The van der Waals surface area contributed by atoms with Gasteiger partial charge in [0.1, 0.15) is 0 Å². The Morgan fingerprint density at radius 3 is 2.61 bits per heavy atom. The van der Waals surface area contributed by atoms with Gasteiger partial charge in [-0.05, 0) is 30.7 Å². The van der Waals surface area contributed by atoms with E-state index in [4.69, 9.17) is 9.47 Å². The van der Waals surface area contributed by atoms with Crippen molar-refractivity contribution < 1.29 is 19.1 Å². The Morgan fingerprint density at radius 1 is 1.10 bits per heavy atom. The van der Waals surface area contributed by atoms with Gasteiger partial charge >= 0.3 is 0 Å². The van der Waals surface area contributed by atoms with Crippen molar-refractivity contribution in [2.75, 3.05) is 37.0 Å². The zero-order valence-corrected chi connectivity index (χ0v) is 18.5. The maximum Gasteiger partial charge on any atom is 0.253 e. The van der Waals surface area contributed by atoms with Crippen LogP contribution in [0.3, 0.4) is 0 Å². The predicted octanol–water partition coefficient (Wildman–Crippen LogP) is 3.61. The molecule has 7 heteroatoms. The lowest BCUT2D eigenvalue weighted by atomic mass is 10.0. The van der Waals surface area contributed by atoms with Crippen molar-refractivity contribution in [1.29, 1.82) is 0 Å². The average Bonchev–Trinajstić information content (AvgIpc) is 3.23. The minimum atomic E-state index is -0.500. The van der Waals surface area contributed by atoms with Gasteiger partial charge in [-0.1, -0.05) is 29.8 Å². The molecule has 1 spiro atoms. The van der Waals surface area contributed by atoms with Gasteiger partial charge in [0.15, 0.2) is 5.79 Å². The van der Waals surface area contributed by atoms with Gasteiger partial charge in [0, 0.05) is 36.4 Å². The number of nitrogens with zero attached hydrogens (tertiary/aromatic N) is 2. The van der Waals surface area contributed by atoms with Crippen molar-refractivity contribution in [3.05, 3.63) is 59.2 Å². The fraction of sp³-hybridized carbons (Fsp3) is 0.417. The lowest BCUT2D eigenvalue weighted by Gasteiger charge is -2.37. The average molecular weight is 439 g/mol. The van der Waals surface area contributed by atoms with E-state index in [0.717, 1.165) is 16.1 Å². The van der Waals surface area contributed by atoms with Crippen molar-refractivity contribution in [1.82, 2.24) is 4.90 Å². The van der Waals surface area contributed by atoms with E-state index in [1.165, 1.54) is 17.3 Å². The fourth-order valence-corrected chi connectivity index (χ4v) is 5.44. The monoisotopic (exact) mass is 438 g/mol. The fourth-order valence-electron chi connectivity index (χ4n) is 4.52. The highest BCUT2D eigenvalue weighted by atomic mass is 32.2. The Hall–Kier alpha value is -2.35. The highest BCUT2D eigenvalue weighted by Crippen LogP contribution is 2.38. The molecule has 0 aromatic heterocycles. The Labute approximate surface area is 186 Å². The second kappa shape index (κ2) is 8.30. The molecule has 5 rings (SSSR count). The highest BCUT2D eigenvalue weighted by molar-refractivity contribution is 8.00. The summed E-state index contributed by atoms with van der Waals surface area (Å²) in [5.41, 5.74) is 3.69. The maximum absolute atomic E-state index is 13.2. The zero-order valence-electron chi connectivity index (χ0n) is 17.6. The maximum atomic E-state index is 13.2. The molecule has 2 aromatic carbocycles. The standard InChI is InChI=1S/C24H26N2O4S/c1-17-3-2-4-18(13-17)15-26-20-14-19(5-6-21(20)31-16-22(26)27)23(28)25-9-7-24(8-10-25)29-11-12-30-24/h2-6,13-14H,7-12,15-16H2,1H3. The lowest BCUT2D eigenvalue weighted by Crippen LogP contribution is -2.47. The molecule has 0 atom stereocenters. The molecule has 0 saturated carbocycles. The molecule has 0 aliphatic carbocycles. The summed E-state index contributed by atoms with van der Waals surface area (Å²) in [5, 5.41) is 0. The Balaban J connectivity index is 1.36. The van der Waals surface area contributed by atoms with Crippen LogP contribution < -0.4 is 4.90 Å². The number of rotatable bonds is 3. The number of benzene rings is 2. The number of fused-ring (bicyclic) bond motifs is 1. The van der Waals surface area contributed by atoms with Gasteiger partial charge in [0.2, 0.25) is 5.91 Å². The summed E-state index contributed by atoms with van der Waals surface area (Å²) in [6, 6.07) is 13.9. The van der Waals surface area contributed by atoms with Gasteiger partial charge < -0.3 is 19.3 Å². The topological polar surface area (TPSA) is 59.1 Å². The van der Waals surface area contributed by atoms with Crippen LogP contribution >= 0.6 is 11.8 Å². The van der Waals surface area contributed by atoms with E-state index < -0.39 is 5.79 Å². The molecule has 6 nitrogen and oxygen atoms in total. The summed E-state index contributed by atoms with van der Waals surface area (Å²) >= 11 is 1.53. The quantitative estimate of drug-likeness (QED) is 0.733. The number of amides is 2. The van der Waals surface area contributed by atoms with Gasteiger partial charge in [0.25, 0.3) is 5.91 Å². The number of carbonyl (C=O) groups excluding carboxylic acids is 2. The van der Waals surface area contributed by atoms with Gasteiger partial charge in [0.05, 0.1) is 31.2 Å². The molecule has 31 heavy (non-hydrogen) atoms. The van der Waals surface area contributed by atoms with Crippen LogP contribution in [-0.4, -0.2) is 54.6 Å². The van der Waals surface area contributed by atoms with Crippen LogP contribution in [0.25, 0.3) is 0 Å². The first-order valence-corrected chi connectivity index (χ1v) is 11.7. The van der Waals surface area contributed by atoms with Gasteiger partial charge in [-0.2, -0.15) is 0 Å². The van der Waals surface area contributed by atoms with E-state index >= 15 is 0 Å². The summed E-state index contributed by atoms with van der Waals surface area (Å²) < 4.78 is 11.5. The number of aryl methyl sites for hydroxylation is 1. The second-order valence-corrected chi connectivity index (χ2v) is 9.36. The van der Waals surface area contributed by atoms with Crippen molar-refractivity contribution in [3.8, 4) is 0 Å². The third kappa shape index (κ3) is 4.10. The molecular formula is C24H26N2O4S. The van der Waals surface area contributed by atoms with Crippen LogP contribution in [-0.2, 0) is 20.8 Å². The molecule has 3 heterocycles. The number of likely N-dealkylation sites (tertiary alicyclic amines) is 1. The van der Waals surface area contributed by atoms with Gasteiger partial charge in [-0.25, -0.2) is 0 Å². The first kappa shape index (κ1) is 20.5. The number of hydrogen-bond donors (Lipinski definition) is 0. The van der Waals surface area contributed by atoms with Crippen molar-refractivity contribution in [3.63, 3.8) is 0 Å². The van der Waals surface area contributed by atoms with E-state index in [9.17, 15) is 9.59 Å². The molecule has 3 aliphatic rings. The number of piperidine rings is 1. The van der Waals surface area contributed by atoms with Gasteiger partial charge in [-0.15, -0.1) is 11.8 Å². The van der Waals surface area contributed by atoms with Crippen molar-refractivity contribution in [2.24, 2.45) is 0 Å². The van der Waals surface area contributed by atoms with Crippen LogP contribution in [0.5, 0.6) is 0 Å². The Kier molecular flexibility index (Phi) is 5.50. The summed E-state index contributed by atoms with van der Waals surface area (Å²) in [7, 11) is 0. The molecule has 2 aromatic rings. The van der Waals surface area contributed by atoms with E-state index in [-0.39, 0.29) is 11.8 Å². The molecule has 3 aliphatic heterocycles.